The summed E-state index contributed by atoms with van der Waals surface area (Å²) >= 11 is 0. The number of nitrogens with zero attached hydrogens (tertiary/aromatic N) is 1. The number of carbonyl (C=O) groups excluding carboxylic acids is 1. The number of carbonyl (C=O) groups is 1. The summed E-state index contributed by atoms with van der Waals surface area (Å²) in [6.07, 6.45) is 2.63. The Bertz CT molecular complexity index is 636. The first-order valence-corrected chi connectivity index (χ1v) is 11.3. The second kappa shape index (κ2) is 12.2. The number of rotatable bonds is 4. The zero-order chi connectivity index (χ0) is 22.1. The van der Waals surface area contributed by atoms with E-state index in [1.165, 1.54) is 11.1 Å². The van der Waals surface area contributed by atoms with Gasteiger partial charge in [0, 0.05) is 31.5 Å². The lowest BCUT2D eigenvalue weighted by Gasteiger charge is -2.43. The number of hydrogen-bond donors (Lipinski definition) is 0. The fourth-order valence-electron chi connectivity index (χ4n) is 4.05. The van der Waals surface area contributed by atoms with Gasteiger partial charge in [0.25, 0.3) is 0 Å². The Balaban J connectivity index is 0.000000627. The second-order valence-electron chi connectivity index (χ2n) is 8.90. The van der Waals surface area contributed by atoms with Crippen LogP contribution in [0.3, 0.4) is 0 Å². The van der Waals surface area contributed by atoms with Gasteiger partial charge < -0.3 is 9.47 Å². The Kier molecular flexibility index (Phi) is 10.7. The van der Waals surface area contributed by atoms with Crippen molar-refractivity contribution in [2.75, 3.05) is 27.3 Å². The fourth-order valence-corrected chi connectivity index (χ4v) is 4.05. The Hall–Kier alpha value is -1.55. The van der Waals surface area contributed by atoms with Crippen LogP contribution in [0.5, 0.6) is 11.5 Å². The molecule has 2 atom stereocenters. The van der Waals surface area contributed by atoms with Crippen molar-refractivity contribution < 1.29 is 14.3 Å². The fraction of sp³-hybridized carbons (Fsp3) is 0.720. The van der Waals surface area contributed by atoms with E-state index in [9.17, 15) is 4.79 Å². The van der Waals surface area contributed by atoms with Crippen molar-refractivity contribution in [2.45, 2.75) is 73.8 Å². The van der Waals surface area contributed by atoms with Gasteiger partial charge in [0.15, 0.2) is 11.5 Å². The van der Waals surface area contributed by atoms with Crippen molar-refractivity contribution in [3.05, 3.63) is 23.3 Å². The maximum atomic E-state index is 12.6. The van der Waals surface area contributed by atoms with E-state index in [-0.39, 0.29) is 12.0 Å². The molecule has 3 rings (SSSR count). The van der Waals surface area contributed by atoms with Gasteiger partial charge >= 0.3 is 0 Å². The van der Waals surface area contributed by atoms with Crippen LogP contribution in [-0.2, 0) is 11.2 Å². The molecule has 4 heteroatoms. The third-order valence-corrected chi connectivity index (χ3v) is 5.17. The summed E-state index contributed by atoms with van der Waals surface area (Å²) in [4.78, 5) is 15.1. The molecule has 0 unspecified atom stereocenters. The van der Waals surface area contributed by atoms with Crippen LogP contribution >= 0.6 is 0 Å². The quantitative estimate of drug-likeness (QED) is 0.622. The Labute approximate surface area is 179 Å². The van der Waals surface area contributed by atoms with E-state index in [1.807, 2.05) is 13.8 Å². The highest BCUT2D eigenvalue weighted by Crippen LogP contribution is 2.42. The minimum atomic E-state index is 0.202. The van der Waals surface area contributed by atoms with Crippen molar-refractivity contribution >= 4 is 5.78 Å². The lowest BCUT2D eigenvalue weighted by Crippen LogP contribution is -2.46. The van der Waals surface area contributed by atoms with Crippen molar-refractivity contribution in [1.29, 1.82) is 0 Å². The number of benzene rings is 1. The third-order valence-electron chi connectivity index (χ3n) is 5.17. The molecular weight excluding hydrogens is 362 g/mol. The molecule has 0 aliphatic carbocycles. The predicted molar refractivity (Wildman–Crippen MR) is 122 cm³/mol. The Morgan fingerprint density at radius 1 is 1.03 bits per heavy atom. The number of Topliss-reactive ketones (excluding diaryl/α,β-unsaturated/α-hetero) is 1. The van der Waals surface area contributed by atoms with Gasteiger partial charge in [-0.3, -0.25) is 9.69 Å². The number of piperidine rings is 1. The molecule has 0 saturated carbocycles. The minimum Gasteiger partial charge on any atom is -0.493 e. The molecule has 0 amide bonds. The molecule has 0 N–H and O–H groups in total. The number of hydrogen-bond acceptors (Lipinski definition) is 4. The lowest BCUT2D eigenvalue weighted by atomic mass is 9.80. The summed E-state index contributed by atoms with van der Waals surface area (Å²) in [7, 11) is 3.33. The minimum absolute atomic E-state index is 0.202. The van der Waals surface area contributed by atoms with E-state index in [0.717, 1.165) is 43.3 Å². The van der Waals surface area contributed by atoms with Crippen molar-refractivity contribution in [2.24, 2.45) is 17.8 Å². The third kappa shape index (κ3) is 7.02. The summed E-state index contributed by atoms with van der Waals surface area (Å²) in [5.74, 6) is 3.56. The van der Waals surface area contributed by atoms with Gasteiger partial charge in [-0.25, -0.2) is 0 Å². The maximum Gasteiger partial charge on any atom is 0.161 e. The van der Waals surface area contributed by atoms with Gasteiger partial charge in [-0.15, -0.1) is 0 Å². The molecule has 0 bridgehead atoms. The molecule has 1 fully saturated rings. The normalized spacial score (nSPS) is 20.7. The van der Waals surface area contributed by atoms with Crippen LogP contribution < -0.4 is 9.47 Å². The first kappa shape index (κ1) is 25.5. The molecule has 2 aliphatic rings. The molecule has 29 heavy (non-hydrogen) atoms. The number of ketones is 1. The van der Waals surface area contributed by atoms with Crippen LogP contribution in [0.25, 0.3) is 0 Å². The van der Waals surface area contributed by atoms with Crippen molar-refractivity contribution in [3.63, 3.8) is 0 Å². The van der Waals surface area contributed by atoms with Crippen molar-refractivity contribution in [3.8, 4) is 11.5 Å². The molecular formula is C25H43NO3. The van der Waals surface area contributed by atoms with Crippen LogP contribution in [0, 0.1) is 17.8 Å². The smallest absolute Gasteiger partial charge is 0.161 e. The van der Waals surface area contributed by atoms with Gasteiger partial charge in [-0.2, -0.15) is 0 Å². The standard InChI is InChI=1S/C19H27NO3.C4H10.C2H6/c1-12(2)7-14-11-20-6-5-13-8-18(22-3)19(23-4)9-15(13)16(20)10-17(14)21;1-4(2)3;1-2/h8-9,12,14,16H,5-7,10-11H2,1-4H3;4H,1-3H3;1-2H3/t14-,16+;;/m0../s1. The Morgan fingerprint density at radius 2 is 1.59 bits per heavy atom. The number of ether oxygens (including phenoxy) is 2. The summed E-state index contributed by atoms with van der Waals surface area (Å²) in [6, 6.07) is 4.35. The van der Waals surface area contributed by atoms with Crippen LogP contribution in [0.2, 0.25) is 0 Å². The first-order chi connectivity index (χ1) is 13.8. The molecule has 0 radical (unpaired) electrons. The van der Waals surface area contributed by atoms with E-state index < -0.39 is 0 Å². The van der Waals surface area contributed by atoms with Gasteiger partial charge in [0.05, 0.1) is 14.2 Å². The highest BCUT2D eigenvalue weighted by molar-refractivity contribution is 5.83. The summed E-state index contributed by atoms with van der Waals surface area (Å²) in [5.41, 5.74) is 2.53. The molecule has 2 aliphatic heterocycles. The molecule has 1 aromatic rings. The number of methoxy groups -OCH3 is 2. The van der Waals surface area contributed by atoms with E-state index in [4.69, 9.17) is 9.47 Å². The van der Waals surface area contributed by atoms with E-state index in [1.54, 1.807) is 14.2 Å². The average Bonchev–Trinajstić information content (AvgIpc) is 2.68. The zero-order valence-electron chi connectivity index (χ0n) is 20.2. The molecule has 166 valence electrons. The SMILES string of the molecule is CC.CC(C)C.COc1cc2c(cc1OC)[C@H]1CC(=O)[C@@H](CC(C)C)CN1CC2. The Morgan fingerprint density at radius 3 is 2.10 bits per heavy atom. The van der Waals surface area contributed by atoms with Gasteiger partial charge in [-0.05, 0) is 47.9 Å². The first-order valence-electron chi connectivity index (χ1n) is 11.3. The summed E-state index contributed by atoms with van der Waals surface area (Å²) in [6.45, 7) is 16.8. The molecule has 4 nitrogen and oxygen atoms in total. The molecule has 1 aromatic carbocycles. The summed E-state index contributed by atoms with van der Waals surface area (Å²) < 4.78 is 10.9. The van der Waals surface area contributed by atoms with E-state index in [2.05, 4.69) is 51.7 Å². The van der Waals surface area contributed by atoms with Crippen LogP contribution in [0.1, 0.15) is 78.5 Å². The topological polar surface area (TPSA) is 38.8 Å². The molecule has 0 spiro atoms. The highest BCUT2D eigenvalue weighted by atomic mass is 16.5. The largest absolute Gasteiger partial charge is 0.493 e. The molecule has 1 saturated heterocycles. The molecule has 0 aromatic heterocycles. The van der Waals surface area contributed by atoms with Crippen LogP contribution in [0.4, 0.5) is 0 Å². The van der Waals surface area contributed by atoms with Gasteiger partial charge in [-0.1, -0.05) is 48.5 Å². The van der Waals surface area contributed by atoms with Gasteiger partial charge in [0.1, 0.15) is 5.78 Å². The van der Waals surface area contributed by atoms with Crippen LogP contribution in [0.15, 0.2) is 12.1 Å². The van der Waals surface area contributed by atoms with E-state index >= 15 is 0 Å². The van der Waals surface area contributed by atoms with Crippen LogP contribution in [-0.4, -0.2) is 38.0 Å². The second-order valence-corrected chi connectivity index (χ2v) is 8.90. The monoisotopic (exact) mass is 405 g/mol. The lowest BCUT2D eigenvalue weighted by molar-refractivity contribution is -0.129. The van der Waals surface area contributed by atoms with E-state index in [0.29, 0.717) is 18.1 Å². The highest BCUT2D eigenvalue weighted by Gasteiger charge is 2.38. The van der Waals surface area contributed by atoms with Gasteiger partial charge in [0.2, 0.25) is 0 Å². The molecule has 2 heterocycles. The van der Waals surface area contributed by atoms with Crippen molar-refractivity contribution in [1.82, 2.24) is 4.90 Å². The summed E-state index contributed by atoms with van der Waals surface area (Å²) in [5, 5.41) is 0. The average molecular weight is 406 g/mol. The zero-order valence-corrected chi connectivity index (χ0v) is 20.2. The number of fused-ring (bicyclic) bond motifs is 3. The predicted octanol–water partition coefficient (Wildman–Crippen LogP) is 5.93. The maximum absolute atomic E-state index is 12.6.